The first-order valence-corrected chi connectivity index (χ1v) is 17.3. The van der Waals surface area contributed by atoms with Crippen molar-refractivity contribution in [3.05, 3.63) is 70.6 Å². The zero-order chi connectivity index (χ0) is 38.4. The van der Waals surface area contributed by atoms with Gasteiger partial charge in [0.1, 0.15) is 5.75 Å². The van der Waals surface area contributed by atoms with E-state index < -0.39 is 45.4 Å². The third kappa shape index (κ3) is 8.34. The molecule has 3 aliphatic rings. The molecule has 0 atom stereocenters. The zero-order valence-electron chi connectivity index (χ0n) is 28.2. The van der Waals surface area contributed by atoms with E-state index in [0.717, 1.165) is 23.8 Å². The van der Waals surface area contributed by atoms with Gasteiger partial charge in [0.2, 0.25) is 27.7 Å². The number of anilines is 3. The fourth-order valence-corrected chi connectivity index (χ4v) is 6.70. The molecule has 0 radical (unpaired) electrons. The van der Waals surface area contributed by atoms with Crippen LogP contribution in [0.25, 0.3) is 0 Å². The molecule has 3 aromatic rings. The van der Waals surface area contributed by atoms with Gasteiger partial charge in [-0.15, -0.1) is 6.42 Å². The summed E-state index contributed by atoms with van der Waals surface area (Å²) in [5, 5.41) is 11.2. The van der Waals surface area contributed by atoms with Crippen LogP contribution in [-0.2, 0) is 30.2 Å². The molecule has 1 aromatic heterocycles. The maximum absolute atomic E-state index is 14.7. The number of hydrogen-bond acceptors (Lipinski definition) is 12. The summed E-state index contributed by atoms with van der Waals surface area (Å²) in [6.07, 6.45) is 8.01. The monoisotopic (exact) mass is 750 g/mol. The summed E-state index contributed by atoms with van der Waals surface area (Å²) in [5.41, 5.74) is 0.848. The number of aromatic carboxylic acids is 1. The van der Waals surface area contributed by atoms with Crippen molar-refractivity contribution in [2.24, 2.45) is 0 Å². The molecule has 0 saturated heterocycles. The van der Waals surface area contributed by atoms with Crippen LogP contribution in [0, 0.1) is 18.2 Å². The zero-order valence-corrected chi connectivity index (χ0v) is 29.0. The van der Waals surface area contributed by atoms with Gasteiger partial charge in [-0.05, 0) is 43.4 Å². The van der Waals surface area contributed by atoms with Crippen LogP contribution in [0.2, 0.25) is 0 Å². The number of halogens is 1. The Kier molecular flexibility index (Phi) is 11.2. The number of urea groups is 1. The number of terminal acetylenes is 1. The van der Waals surface area contributed by atoms with Gasteiger partial charge in [-0.2, -0.15) is 9.97 Å². The lowest BCUT2D eigenvalue weighted by Gasteiger charge is -2.29. The minimum absolute atomic E-state index is 0.0170. The topological polar surface area (TPSA) is 224 Å². The van der Waals surface area contributed by atoms with E-state index in [9.17, 15) is 36.8 Å². The molecule has 17 nitrogen and oxygen atoms in total. The Balaban J connectivity index is 0.000000204. The number of carbonyl (C=O) groups is 5. The number of ether oxygens (including phenoxy) is 3. The highest BCUT2D eigenvalue weighted by Crippen LogP contribution is 2.41. The number of nitrogens with one attached hydrogen (secondary N) is 2. The van der Waals surface area contributed by atoms with Gasteiger partial charge in [-0.1, -0.05) is 24.1 Å². The number of carbonyl (C=O) groups excluding carboxylic acids is 4. The summed E-state index contributed by atoms with van der Waals surface area (Å²) in [6.45, 7) is -0.262. The second-order valence-corrected chi connectivity index (χ2v) is 13.1. The van der Waals surface area contributed by atoms with Crippen LogP contribution in [0.15, 0.2) is 53.6 Å². The average Bonchev–Trinajstić information content (AvgIpc) is 3.37. The first-order valence-electron chi connectivity index (χ1n) is 15.7. The number of carboxylic acids is 1. The predicted octanol–water partition coefficient (Wildman–Crippen LogP) is 2.77. The van der Waals surface area contributed by atoms with Gasteiger partial charge in [0.15, 0.2) is 12.4 Å². The standard InChI is InChI=1S/C19H15FN2O4.C15H16N4O7S/c1-2-7-21-15-9-14(13(20)8-16(15)26-10-17(21)23)22-18(24)11-5-3-4-6-12(11)19(22)25;1-25-11-7-12(26-2)17-14(16-11)18-15(22)19-27(23,24)8-9-5-3-4-6-10(9)13(20)21/h1,8-9H,3-7,10H2;3-7H,8H2,1-2H3,(H,20,21)(H2,16,17,18,19,22). The van der Waals surface area contributed by atoms with E-state index in [2.05, 4.69) is 21.2 Å². The Hall–Kier alpha value is -6.55. The molecule has 0 saturated carbocycles. The first kappa shape index (κ1) is 37.7. The number of imide groups is 1. The molecule has 53 heavy (non-hydrogen) atoms. The Morgan fingerprint density at radius 3 is 2.21 bits per heavy atom. The van der Waals surface area contributed by atoms with Crippen molar-refractivity contribution in [3.63, 3.8) is 0 Å². The number of methoxy groups -OCH3 is 2. The van der Waals surface area contributed by atoms with E-state index in [1.807, 2.05) is 0 Å². The van der Waals surface area contributed by atoms with Gasteiger partial charge in [0.05, 0.1) is 49.5 Å². The molecule has 276 valence electrons. The van der Waals surface area contributed by atoms with Crippen LogP contribution in [0.3, 0.4) is 0 Å². The second-order valence-electron chi connectivity index (χ2n) is 11.4. The maximum Gasteiger partial charge on any atom is 0.335 e. The van der Waals surface area contributed by atoms with Gasteiger partial charge in [-0.25, -0.2) is 32.0 Å². The molecule has 0 fully saturated rings. The number of sulfonamides is 1. The number of benzene rings is 2. The summed E-state index contributed by atoms with van der Waals surface area (Å²) in [7, 11) is -1.50. The van der Waals surface area contributed by atoms with E-state index in [1.54, 1.807) is 4.72 Å². The number of fused-ring (bicyclic) bond motifs is 1. The number of rotatable bonds is 9. The molecule has 3 heterocycles. The van der Waals surface area contributed by atoms with E-state index in [-0.39, 0.29) is 65.0 Å². The van der Waals surface area contributed by atoms with Crippen LogP contribution >= 0.6 is 0 Å². The average molecular weight is 751 g/mol. The summed E-state index contributed by atoms with van der Waals surface area (Å²) in [5.74, 6) is -1.63. The van der Waals surface area contributed by atoms with Gasteiger partial charge < -0.3 is 19.3 Å². The molecule has 2 aliphatic heterocycles. The highest BCUT2D eigenvalue weighted by atomic mass is 32.2. The van der Waals surface area contributed by atoms with Gasteiger partial charge >= 0.3 is 12.0 Å². The third-order valence-corrected chi connectivity index (χ3v) is 9.20. The fourth-order valence-electron chi connectivity index (χ4n) is 5.64. The fraction of sp³-hybridized carbons (Fsp3) is 0.265. The minimum Gasteiger partial charge on any atom is -0.481 e. The molecular formula is C34H31FN6O11S. The van der Waals surface area contributed by atoms with Crippen LogP contribution < -0.4 is 34.0 Å². The molecule has 19 heteroatoms. The largest absolute Gasteiger partial charge is 0.481 e. The van der Waals surface area contributed by atoms with Crippen molar-refractivity contribution < 1.29 is 56.1 Å². The predicted molar refractivity (Wildman–Crippen MR) is 184 cm³/mol. The van der Waals surface area contributed by atoms with E-state index in [1.165, 1.54) is 55.5 Å². The molecule has 2 aromatic carbocycles. The van der Waals surface area contributed by atoms with Crippen molar-refractivity contribution in [2.75, 3.05) is 42.5 Å². The van der Waals surface area contributed by atoms with Gasteiger partial charge in [-0.3, -0.25) is 24.6 Å². The Morgan fingerprint density at radius 2 is 1.62 bits per heavy atom. The normalized spacial score (nSPS) is 14.9. The molecular weight excluding hydrogens is 719 g/mol. The van der Waals surface area contributed by atoms with Gasteiger partial charge in [0.25, 0.3) is 17.7 Å². The summed E-state index contributed by atoms with van der Waals surface area (Å²) >= 11 is 0. The highest BCUT2D eigenvalue weighted by molar-refractivity contribution is 7.89. The smallest absolute Gasteiger partial charge is 0.335 e. The van der Waals surface area contributed by atoms with Crippen molar-refractivity contribution in [3.8, 4) is 29.9 Å². The molecule has 0 unspecified atom stereocenters. The van der Waals surface area contributed by atoms with Crippen LogP contribution in [0.4, 0.5) is 26.5 Å². The first-order chi connectivity index (χ1) is 25.3. The quantitative estimate of drug-likeness (QED) is 0.212. The summed E-state index contributed by atoms with van der Waals surface area (Å²) in [4.78, 5) is 70.3. The Morgan fingerprint density at radius 1 is 1.00 bits per heavy atom. The van der Waals surface area contributed by atoms with Crippen LogP contribution in [-0.4, -0.2) is 80.6 Å². The number of hydrogen-bond donors (Lipinski definition) is 3. The third-order valence-electron chi connectivity index (χ3n) is 8.02. The van der Waals surface area contributed by atoms with Crippen molar-refractivity contribution in [1.82, 2.24) is 14.7 Å². The van der Waals surface area contributed by atoms with Crippen LogP contribution in [0.5, 0.6) is 17.5 Å². The lowest BCUT2D eigenvalue weighted by molar-refractivity contribution is -0.121. The molecule has 1 aliphatic carbocycles. The SMILES string of the molecule is C#CCN1C(=O)COc2cc(F)c(N3C(=O)C4=C(CCCC4)C3=O)cc21.COc1cc(OC)nc(NC(=O)NS(=O)(=O)Cc2ccccc2C(=O)O)n1. The molecule has 5 amide bonds. The van der Waals surface area contributed by atoms with Gasteiger partial charge in [0, 0.05) is 17.2 Å². The number of aromatic nitrogens is 2. The summed E-state index contributed by atoms with van der Waals surface area (Å²) < 4.78 is 55.9. The Bertz CT molecular complexity index is 2150. The number of carboxylic acid groups (broad SMARTS) is 1. The lowest BCUT2D eigenvalue weighted by atomic mass is 9.93. The maximum atomic E-state index is 14.7. The lowest BCUT2D eigenvalue weighted by Crippen LogP contribution is -2.39. The minimum atomic E-state index is -4.18. The van der Waals surface area contributed by atoms with E-state index >= 15 is 0 Å². The van der Waals surface area contributed by atoms with Crippen molar-refractivity contribution in [2.45, 2.75) is 31.4 Å². The number of amides is 5. The highest BCUT2D eigenvalue weighted by Gasteiger charge is 2.41. The van der Waals surface area contributed by atoms with E-state index in [0.29, 0.717) is 24.0 Å². The van der Waals surface area contributed by atoms with E-state index in [4.69, 9.17) is 25.7 Å². The molecule has 3 N–H and O–H groups in total. The molecule has 0 bridgehead atoms. The van der Waals surface area contributed by atoms with Crippen LogP contribution in [0.1, 0.15) is 41.6 Å². The second kappa shape index (κ2) is 15.8. The molecule has 0 spiro atoms. The Labute approximate surface area is 301 Å². The van der Waals surface area contributed by atoms with Crippen molar-refractivity contribution >= 4 is 57.1 Å². The van der Waals surface area contributed by atoms with Crippen molar-refractivity contribution in [1.29, 1.82) is 0 Å². The molecule has 6 rings (SSSR count). The number of nitrogens with zero attached hydrogens (tertiary/aromatic N) is 4. The summed E-state index contributed by atoms with van der Waals surface area (Å²) in [6, 6.07) is 8.17.